The van der Waals surface area contributed by atoms with Crippen LogP contribution in [0.5, 0.6) is 0 Å². The van der Waals surface area contributed by atoms with E-state index >= 15 is 0 Å². The van der Waals surface area contributed by atoms with Crippen molar-refractivity contribution in [3.63, 3.8) is 0 Å². The second-order valence-electron chi connectivity index (χ2n) is 5.53. The molecule has 1 amide bonds. The molecule has 0 aliphatic heterocycles. The fourth-order valence-electron chi connectivity index (χ4n) is 1.30. The van der Waals surface area contributed by atoms with Crippen LogP contribution in [0.3, 0.4) is 0 Å². The van der Waals surface area contributed by atoms with Crippen molar-refractivity contribution >= 4 is 33.6 Å². The first-order valence-electron chi connectivity index (χ1n) is 6.43. The molecule has 1 rings (SSSR count). The van der Waals surface area contributed by atoms with Crippen molar-refractivity contribution in [1.29, 1.82) is 0 Å². The minimum Gasteiger partial charge on any atom is -0.456 e. The SMILES string of the molecule is CC(C)(C)C(=O)COC(=O)CNC(=O)c1cccc(Br)c1. The molecule has 0 fully saturated rings. The van der Waals surface area contributed by atoms with Gasteiger partial charge in [-0.15, -0.1) is 0 Å². The zero-order valence-corrected chi connectivity index (χ0v) is 13.8. The maximum atomic E-state index is 11.8. The van der Waals surface area contributed by atoms with E-state index in [0.29, 0.717) is 5.56 Å². The molecule has 114 valence electrons. The Bertz CT molecular complexity index is 549. The smallest absolute Gasteiger partial charge is 0.325 e. The summed E-state index contributed by atoms with van der Waals surface area (Å²) in [6.45, 7) is 4.69. The van der Waals surface area contributed by atoms with Crippen LogP contribution in [-0.2, 0) is 14.3 Å². The van der Waals surface area contributed by atoms with E-state index in [-0.39, 0.29) is 24.8 Å². The summed E-state index contributed by atoms with van der Waals surface area (Å²) in [6.07, 6.45) is 0. The number of amides is 1. The van der Waals surface area contributed by atoms with Crippen LogP contribution in [0.4, 0.5) is 0 Å². The molecule has 1 N–H and O–H groups in total. The molecule has 0 spiro atoms. The maximum absolute atomic E-state index is 11.8. The summed E-state index contributed by atoms with van der Waals surface area (Å²) in [5.74, 6) is -1.19. The Morgan fingerprint density at radius 2 is 1.90 bits per heavy atom. The first kappa shape index (κ1) is 17.4. The molecule has 0 bridgehead atoms. The van der Waals surface area contributed by atoms with Gasteiger partial charge in [-0.3, -0.25) is 14.4 Å². The van der Waals surface area contributed by atoms with Crippen LogP contribution in [0, 0.1) is 5.41 Å². The van der Waals surface area contributed by atoms with Gasteiger partial charge >= 0.3 is 5.97 Å². The van der Waals surface area contributed by atoms with Gasteiger partial charge in [0.2, 0.25) is 0 Å². The van der Waals surface area contributed by atoms with E-state index in [9.17, 15) is 14.4 Å². The number of halogens is 1. The summed E-state index contributed by atoms with van der Waals surface area (Å²) >= 11 is 3.26. The predicted molar refractivity (Wildman–Crippen MR) is 81.9 cm³/mol. The lowest BCUT2D eigenvalue weighted by molar-refractivity contribution is -0.149. The Hall–Kier alpha value is -1.69. The molecule has 6 heteroatoms. The monoisotopic (exact) mass is 355 g/mol. The summed E-state index contributed by atoms with van der Waals surface area (Å²) < 4.78 is 5.60. The predicted octanol–water partition coefficient (Wildman–Crippen LogP) is 2.34. The molecule has 0 aromatic heterocycles. The number of hydrogen-bond acceptors (Lipinski definition) is 4. The van der Waals surface area contributed by atoms with Crippen LogP contribution in [0.15, 0.2) is 28.7 Å². The van der Waals surface area contributed by atoms with E-state index in [1.807, 2.05) is 0 Å². The average molecular weight is 356 g/mol. The van der Waals surface area contributed by atoms with Crippen molar-refractivity contribution in [2.75, 3.05) is 13.2 Å². The van der Waals surface area contributed by atoms with Gasteiger partial charge in [-0.1, -0.05) is 42.8 Å². The van der Waals surface area contributed by atoms with Crippen molar-refractivity contribution in [3.05, 3.63) is 34.3 Å². The third kappa shape index (κ3) is 6.08. The third-order valence-corrected chi connectivity index (χ3v) is 3.17. The quantitative estimate of drug-likeness (QED) is 0.822. The van der Waals surface area contributed by atoms with Crippen molar-refractivity contribution < 1.29 is 19.1 Å². The first-order valence-corrected chi connectivity index (χ1v) is 7.22. The number of ketones is 1. The molecule has 0 radical (unpaired) electrons. The van der Waals surface area contributed by atoms with E-state index < -0.39 is 11.4 Å². The Morgan fingerprint density at radius 3 is 2.48 bits per heavy atom. The second kappa shape index (κ2) is 7.36. The zero-order chi connectivity index (χ0) is 16.0. The Balaban J connectivity index is 2.40. The molecule has 0 aliphatic rings. The lowest BCUT2D eigenvalue weighted by Gasteiger charge is -2.16. The summed E-state index contributed by atoms with van der Waals surface area (Å²) in [7, 11) is 0. The summed E-state index contributed by atoms with van der Waals surface area (Å²) in [5.41, 5.74) is -0.122. The minimum absolute atomic E-state index is 0.172. The largest absolute Gasteiger partial charge is 0.456 e. The Kier molecular flexibility index (Phi) is 6.08. The molecule has 0 saturated carbocycles. The average Bonchev–Trinajstić information content (AvgIpc) is 2.40. The van der Waals surface area contributed by atoms with Crippen LogP contribution in [-0.4, -0.2) is 30.8 Å². The maximum Gasteiger partial charge on any atom is 0.325 e. The normalized spacial score (nSPS) is 10.9. The number of ether oxygens (including phenoxy) is 1. The summed E-state index contributed by atoms with van der Waals surface area (Å²) in [6, 6.07) is 6.79. The van der Waals surface area contributed by atoms with Crippen molar-refractivity contribution in [2.24, 2.45) is 5.41 Å². The zero-order valence-electron chi connectivity index (χ0n) is 12.2. The molecule has 1 aromatic carbocycles. The van der Waals surface area contributed by atoms with Gasteiger partial charge in [0.25, 0.3) is 5.91 Å². The highest BCUT2D eigenvalue weighted by molar-refractivity contribution is 9.10. The Morgan fingerprint density at radius 1 is 1.24 bits per heavy atom. The molecule has 0 saturated heterocycles. The van der Waals surface area contributed by atoms with Gasteiger partial charge < -0.3 is 10.1 Å². The van der Waals surface area contributed by atoms with Crippen LogP contribution >= 0.6 is 15.9 Å². The van der Waals surface area contributed by atoms with Gasteiger partial charge in [0, 0.05) is 15.5 Å². The molecule has 0 atom stereocenters. The lowest BCUT2D eigenvalue weighted by atomic mass is 9.91. The lowest BCUT2D eigenvalue weighted by Crippen LogP contribution is -2.33. The second-order valence-corrected chi connectivity index (χ2v) is 6.44. The first-order chi connectivity index (χ1) is 9.70. The number of benzene rings is 1. The van der Waals surface area contributed by atoms with Crippen LogP contribution < -0.4 is 5.32 Å². The summed E-state index contributed by atoms with van der Waals surface area (Å²) in [5, 5.41) is 2.44. The van der Waals surface area contributed by atoms with Gasteiger partial charge in [0.1, 0.15) is 6.54 Å². The van der Waals surface area contributed by atoms with E-state index in [2.05, 4.69) is 21.2 Å². The van der Waals surface area contributed by atoms with Gasteiger partial charge in [0.15, 0.2) is 12.4 Å². The van der Waals surface area contributed by atoms with Crippen molar-refractivity contribution in [2.45, 2.75) is 20.8 Å². The van der Waals surface area contributed by atoms with Gasteiger partial charge in [-0.05, 0) is 18.2 Å². The molecular formula is C15H18BrNO4. The molecular weight excluding hydrogens is 338 g/mol. The van der Waals surface area contributed by atoms with Crippen molar-refractivity contribution in [3.8, 4) is 0 Å². The molecule has 21 heavy (non-hydrogen) atoms. The number of carbonyl (C=O) groups excluding carboxylic acids is 3. The molecule has 5 nitrogen and oxygen atoms in total. The van der Waals surface area contributed by atoms with Gasteiger partial charge in [0.05, 0.1) is 0 Å². The summed E-state index contributed by atoms with van der Waals surface area (Å²) in [4.78, 5) is 34.9. The van der Waals surface area contributed by atoms with Crippen LogP contribution in [0.1, 0.15) is 31.1 Å². The van der Waals surface area contributed by atoms with Gasteiger partial charge in [-0.2, -0.15) is 0 Å². The molecule has 0 unspecified atom stereocenters. The fourth-order valence-corrected chi connectivity index (χ4v) is 1.70. The van der Waals surface area contributed by atoms with Crippen LogP contribution in [0.2, 0.25) is 0 Å². The number of Topliss-reactive ketones (excluding diaryl/α,β-unsaturated/α-hetero) is 1. The topological polar surface area (TPSA) is 72.5 Å². The van der Waals surface area contributed by atoms with E-state index in [4.69, 9.17) is 4.74 Å². The molecule has 0 heterocycles. The third-order valence-electron chi connectivity index (χ3n) is 2.68. The standard InChI is InChI=1S/C15H18BrNO4/c1-15(2,3)12(18)9-21-13(19)8-17-14(20)10-5-4-6-11(16)7-10/h4-7H,8-9H2,1-3H3,(H,17,20). The number of rotatable bonds is 5. The Labute approximate surface area is 132 Å². The van der Waals surface area contributed by atoms with Crippen LogP contribution in [0.25, 0.3) is 0 Å². The van der Waals surface area contributed by atoms with E-state index in [0.717, 1.165) is 4.47 Å². The minimum atomic E-state index is -0.643. The number of carbonyl (C=O) groups is 3. The fraction of sp³-hybridized carbons (Fsp3) is 0.400. The highest BCUT2D eigenvalue weighted by atomic mass is 79.9. The molecule has 1 aromatic rings. The number of hydrogen-bond donors (Lipinski definition) is 1. The highest BCUT2D eigenvalue weighted by Gasteiger charge is 2.22. The number of esters is 1. The van der Waals surface area contributed by atoms with Crippen molar-refractivity contribution in [1.82, 2.24) is 5.32 Å². The number of nitrogens with one attached hydrogen (secondary N) is 1. The van der Waals surface area contributed by atoms with E-state index in [1.54, 1.807) is 45.0 Å². The molecule has 0 aliphatic carbocycles. The van der Waals surface area contributed by atoms with E-state index in [1.165, 1.54) is 0 Å². The van der Waals surface area contributed by atoms with Gasteiger partial charge in [-0.25, -0.2) is 0 Å². The highest BCUT2D eigenvalue weighted by Crippen LogP contribution is 2.14.